The zero-order chi connectivity index (χ0) is 18.5. The van der Waals surface area contributed by atoms with Crippen molar-refractivity contribution in [2.24, 2.45) is 0 Å². The molecular formula is C19H17ClN2O3S. The van der Waals surface area contributed by atoms with E-state index in [0.717, 1.165) is 16.8 Å². The van der Waals surface area contributed by atoms with Gasteiger partial charge in [0.2, 0.25) is 0 Å². The monoisotopic (exact) mass is 388 g/mol. The fourth-order valence-corrected chi connectivity index (χ4v) is 3.28. The lowest BCUT2D eigenvalue weighted by Crippen LogP contribution is -2.20. The fraction of sp³-hybridized carbons (Fsp3) is 0.158. The molecule has 1 aromatic heterocycles. The van der Waals surface area contributed by atoms with E-state index in [1.54, 1.807) is 19.2 Å². The third-order valence-corrected chi connectivity index (χ3v) is 4.67. The smallest absolute Gasteiger partial charge is 0.264 e. The molecule has 7 heteroatoms. The van der Waals surface area contributed by atoms with E-state index in [-0.39, 0.29) is 12.5 Å². The normalized spacial score (nSPS) is 10.4. The molecule has 0 saturated heterocycles. The summed E-state index contributed by atoms with van der Waals surface area (Å²) in [4.78, 5) is 16.5. The highest BCUT2D eigenvalue weighted by Gasteiger charge is 2.12. The standard InChI is InChI=1S/C19H17ClN2O3S/c1-12-7-8-16(17(9-12)24-2)25-10-18(23)22-19-21-15(11-26-19)13-5-3-4-6-14(13)20/h3-9,11H,10H2,1-2H3,(H,21,22,23). The molecule has 134 valence electrons. The van der Waals surface area contributed by atoms with Crippen molar-refractivity contribution in [3.63, 3.8) is 0 Å². The SMILES string of the molecule is COc1cc(C)ccc1OCC(=O)Nc1nc(-c2ccccc2Cl)cs1. The Bertz CT molecular complexity index is 927. The molecule has 0 aliphatic carbocycles. The first-order valence-electron chi connectivity index (χ1n) is 7.84. The van der Waals surface area contributed by atoms with Crippen LogP contribution in [0.15, 0.2) is 47.8 Å². The molecule has 3 aromatic rings. The molecule has 0 radical (unpaired) electrons. The molecule has 0 fully saturated rings. The summed E-state index contributed by atoms with van der Waals surface area (Å²) in [6.45, 7) is 1.82. The van der Waals surface area contributed by atoms with E-state index in [2.05, 4.69) is 10.3 Å². The van der Waals surface area contributed by atoms with Gasteiger partial charge in [-0.05, 0) is 30.7 Å². The van der Waals surface area contributed by atoms with Crippen molar-refractivity contribution in [3.8, 4) is 22.8 Å². The number of methoxy groups -OCH3 is 1. The molecular weight excluding hydrogens is 372 g/mol. The number of carbonyl (C=O) groups is 1. The summed E-state index contributed by atoms with van der Waals surface area (Å²) >= 11 is 7.51. The van der Waals surface area contributed by atoms with E-state index >= 15 is 0 Å². The number of ether oxygens (including phenoxy) is 2. The van der Waals surface area contributed by atoms with Crippen LogP contribution in [0.25, 0.3) is 11.3 Å². The van der Waals surface area contributed by atoms with Gasteiger partial charge in [-0.3, -0.25) is 10.1 Å². The van der Waals surface area contributed by atoms with Crippen molar-refractivity contribution in [1.82, 2.24) is 4.98 Å². The van der Waals surface area contributed by atoms with Crippen LogP contribution in [0.1, 0.15) is 5.56 Å². The summed E-state index contributed by atoms with van der Waals surface area (Å²) in [5, 5.41) is 5.68. The fourth-order valence-electron chi connectivity index (χ4n) is 2.32. The molecule has 0 aliphatic heterocycles. The number of carbonyl (C=O) groups excluding carboxylic acids is 1. The minimum atomic E-state index is -0.298. The molecule has 0 atom stereocenters. The predicted molar refractivity (Wildman–Crippen MR) is 104 cm³/mol. The number of benzene rings is 2. The maximum absolute atomic E-state index is 12.1. The summed E-state index contributed by atoms with van der Waals surface area (Å²) in [6.07, 6.45) is 0. The van der Waals surface area contributed by atoms with Gasteiger partial charge in [-0.15, -0.1) is 11.3 Å². The number of nitrogens with zero attached hydrogens (tertiary/aromatic N) is 1. The number of hydrogen-bond acceptors (Lipinski definition) is 5. The summed E-state index contributed by atoms with van der Waals surface area (Å²) < 4.78 is 10.8. The van der Waals surface area contributed by atoms with Crippen molar-refractivity contribution < 1.29 is 14.3 Å². The average molecular weight is 389 g/mol. The van der Waals surface area contributed by atoms with E-state index < -0.39 is 0 Å². The lowest BCUT2D eigenvalue weighted by Gasteiger charge is -2.10. The summed E-state index contributed by atoms with van der Waals surface area (Å²) in [5.41, 5.74) is 2.59. The highest BCUT2D eigenvalue weighted by molar-refractivity contribution is 7.14. The number of amides is 1. The van der Waals surface area contributed by atoms with Gasteiger partial charge in [0.05, 0.1) is 12.8 Å². The lowest BCUT2D eigenvalue weighted by molar-refractivity contribution is -0.118. The highest BCUT2D eigenvalue weighted by Crippen LogP contribution is 2.30. The van der Waals surface area contributed by atoms with Gasteiger partial charge in [-0.1, -0.05) is 35.9 Å². The van der Waals surface area contributed by atoms with Gasteiger partial charge >= 0.3 is 0 Å². The summed E-state index contributed by atoms with van der Waals surface area (Å²) in [5.74, 6) is 0.810. The maximum atomic E-state index is 12.1. The number of anilines is 1. The van der Waals surface area contributed by atoms with E-state index in [1.165, 1.54) is 11.3 Å². The number of nitrogens with one attached hydrogen (secondary N) is 1. The van der Waals surface area contributed by atoms with E-state index in [1.807, 2.05) is 42.6 Å². The maximum Gasteiger partial charge on any atom is 0.264 e. The first-order valence-corrected chi connectivity index (χ1v) is 9.10. The molecule has 0 unspecified atom stereocenters. The Morgan fingerprint density at radius 1 is 1.23 bits per heavy atom. The molecule has 2 aromatic carbocycles. The predicted octanol–water partition coefficient (Wildman–Crippen LogP) is 4.80. The molecule has 1 N–H and O–H groups in total. The molecule has 0 bridgehead atoms. The van der Waals surface area contributed by atoms with Crippen LogP contribution in [0.2, 0.25) is 5.02 Å². The van der Waals surface area contributed by atoms with Crippen molar-refractivity contribution >= 4 is 34.0 Å². The number of halogens is 1. The first kappa shape index (κ1) is 18.2. The van der Waals surface area contributed by atoms with Gasteiger partial charge in [0.25, 0.3) is 5.91 Å². The van der Waals surface area contributed by atoms with E-state index in [4.69, 9.17) is 21.1 Å². The van der Waals surface area contributed by atoms with Crippen molar-refractivity contribution in [2.75, 3.05) is 19.0 Å². The Hall–Kier alpha value is -2.57. The number of aromatic nitrogens is 1. The Labute approximate surface area is 160 Å². The molecule has 1 heterocycles. The zero-order valence-corrected chi connectivity index (χ0v) is 15.9. The molecule has 26 heavy (non-hydrogen) atoms. The van der Waals surface area contributed by atoms with Gasteiger partial charge in [-0.2, -0.15) is 0 Å². The largest absolute Gasteiger partial charge is 0.493 e. The zero-order valence-electron chi connectivity index (χ0n) is 14.3. The van der Waals surface area contributed by atoms with Crippen molar-refractivity contribution in [2.45, 2.75) is 6.92 Å². The lowest BCUT2D eigenvalue weighted by atomic mass is 10.2. The van der Waals surface area contributed by atoms with Crippen LogP contribution in [0.4, 0.5) is 5.13 Å². The highest BCUT2D eigenvalue weighted by atomic mass is 35.5. The second-order valence-corrected chi connectivity index (χ2v) is 6.77. The van der Waals surface area contributed by atoms with Crippen LogP contribution >= 0.6 is 22.9 Å². The second-order valence-electron chi connectivity index (χ2n) is 5.51. The van der Waals surface area contributed by atoms with Gasteiger partial charge < -0.3 is 9.47 Å². The minimum absolute atomic E-state index is 0.138. The Morgan fingerprint density at radius 3 is 2.81 bits per heavy atom. The van der Waals surface area contributed by atoms with Gasteiger partial charge in [0.1, 0.15) is 0 Å². The van der Waals surface area contributed by atoms with Crippen molar-refractivity contribution in [1.29, 1.82) is 0 Å². The summed E-state index contributed by atoms with van der Waals surface area (Å²) in [7, 11) is 1.56. The van der Waals surface area contributed by atoms with Gasteiger partial charge in [0.15, 0.2) is 23.2 Å². The summed E-state index contributed by atoms with van der Waals surface area (Å²) in [6, 6.07) is 13.0. The number of aryl methyl sites for hydroxylation is 1. The van der Waals surface area contributed by atoms with E-state index in [9.17, 15) is 4.79 Å². The third kappa shape index (κ3) is 4.33. The van der Waals surface area contributed by atoms with E-state index in [0.29, 0.717) is 21.7 Å². The van der Waals surface area contributed by atoms with Crippen LogP contribution in [-0.2, 0) is 4.79 Å². The van der Waals surface area contributed by atoms with Crippen molar-refractivity contribution in [3.05, 3.63) is 58.4 Å². The molecule has 0 aliphatic rings. The molecule has 1 amide bonds. The number of rotatable bonds is 6. The second kappa shape index (κ2) is 8.21. The average Bonchev–Trinajstić information content (AvgIpc) is 3.09. The molecule has 3 rings (SSSR count). The quantitative estimate of drug-likeness (QED) is 0.659. The van der Waals surface area contributed by atoms with Crippen LogP contribution in [0.5, 0.6) is 11.5 Å². The Morgan fingerprint density at radius 2 is 2.04 bits per heavy atom. The van der Waals surface area contributed by atoms with Crippen LogP contribution in [-0.4, -0.2) is 24.6 Å². The third-order valence-electron chi connectivity index (χ3n) is 3.58. The van der Waals surface area contributed by atoms with Crippen LogP contribution < -0.4 is 14.8 Å². The minimum Gasteiger partial charge on any atom is -0.493 e. The Balaban J connectivity index is 1.62. The van der Waals surface area contributed by atoms with Crippen LogP contribution in [0, 0.1) is 6.92 Å². The molecule has 0 saturated carbocycles. The first-order chi connectivity index (χ1) is 12.6. The van der Waals surface area contributed by atoms with Gasteiger partial charge in [-0.25, -0.2) is 4.98 Å². The molecule has 0 spiro atoms. The Kier molecular flexibility index (Phi) is 5.75. The molecule has 5 nitrogen and oxygen atoms in total. The topological polar surface area (TPSA) is 60.5 Å². The van der Waals surface area contributed by atoms with Crippen LogP contribution in [0.3, 0.4) is 0 Å². The van der Waals surface area contributed by atoms with Gasteiger partial charge in [0, 0.05) is 16.0 Å². The number of thiazole rings is 1. The number of hydrogen-bond donors (Lipinski definition) is 1.